The molecular formula is C13H14BrF3N4. The zero-order valence-corrected chi connectivity index (χ0v) is 13.0. The number of hydrogen-bond acceptors (Lipinski definition) is 3. The third-order valence-electron chi connectivity index (χ3n) is 3.10. The predicted molar refractivity (Wildman–Crippen MR) is 75.7 cm³/mol. The Morgan fingerprint density at radius 2 is 2.05 bits per heavy atom. The largest absolute Gasteiger partial charge is 0.417 e. The first-order valence-electron chi connectivity index (χ1n) is 6.30. The number of rotatable bonds is 4. The molecule has 4 nitrogen and oxygen atoms in total. The van der Waals surface area contributed by atoms with Crippen molar-refractivity contribution in [3.8, 4) is 0 Å². The van der Waals surface area contributed by atoms with Gasteiger partial charge in [-0.1, -0.05) is 0 Å². The predicted octanol–water partition coefficient (Wildman–Crippen LogP) is 3.39. The Balaban J connectivity index is 2.40. The smallest absolute Gasteiger partial charge is 0.307 e. The Morgan fingerprint density at radius 3 is 2.52 bits per heavy atom. The molecule has 0 aromatic carbocycles. The summed E-state index contributed by atoms with van der Waals surface area (Å²) in [6.45, 7) is 2.59. The number of nitrogens with zero attached hydrogens (tertiary/aromatic N) is 3. The van der Waals surface area contributed by atoms with Crippen molar-refractivity contribution < 1.29 is 13.2 Å². The highest BCUT2D eigenvalue weighted by atomic mass is 79.9. The van der Waals surface area contributed by atoms with Gasteiger partial charge in [0.2, 0.25) is 0 Å². The van der Waals surface area contributed by atoms with E-state index in [2.05, 4.69) is 31.3 Å². The Hall–Kier alpha value is -1.41. The average Bonchev–Trinajstić information content (AvgIpc) is 2.81. The monoisotopic (exact) mass is 362 g/mol. The molecule has 0 spiro atoms. The highest BCUT2D eigenvalue weighted by molar-refractivity contribution is 9.10. The SMILES string of the molecule is CCn1ncc(Br)c1C(NC)c1ccc(C(F)(F)F)cn1. The quantitative estimate of drug-likeness (QED) is 0.906. The van der Waals surface area contributed by atoms with E-state index in [0.717, 1.165) is 22.4 Å². The molecule has 21 heavy (non-hydrogen) atoms. The van der Waals surface area contributed by atoms with Gasteiger partial charge in [0.1, 0.15) is 0 Å². The van der Waals surface area contributed by atoms with E-state index < -0.39 is 11.7 Å². The summed E-state index contributed by atoms with van der Waals surface area (Å²) in [5, 5.41) is 7.27. The van der Waals surface area contributed by atoms with Gasteiger partial charge in [-0.2, -0.15) is 18.3 Å². The van der Waals surface area contributed by atoms with Gasteiger partial charge in [-0.25, -0.2) is 0 Å². The molecular weight excluding hydrogens is 349 g/mol. The van der Waals surface area contributed by atoms with E-state index in [4.69, 9.17) is 0 Å². The fourth-order valence-corrected chi connectivity index (χ4v) is 2.60. The molecule has 114 valence electrons. The molecule has 0 aliphatic carbocycles. The first kappa shape index (κ1) is 16.0. The minimum atomic E-state index is -4.38. The van der Waals surface area contributed by atoms with Gasteiger partial charge >= 0.3 is 6.18 Å². The van der Waals surface area contributed by atoms with Crippen molar-refractivity contribution in [3.05, 3.63) is 46.0 Å². The summed E-state index contributed by atoms with van der Waals surface area (Å²) in [7, 11) is 1.73. The summed E-state index contributed by atoms with van der Waals surface area (Å²) in [5.41, 5.74) is 0.567. The summed E-state index contributed by atoms with van der Waals surface area (Å²) >= 11 is 3.41. The van der Waals surface area contributed by atoms with E-state index >= 15 is 0 Å². The van der Waals surface area contributed by atoms with Crippen molar-refractivity contribution in [2.45, 2.75) is 25.7 Å². The van der Waals surface area contributed by atoms with Gasteiger partial charge in [0.15, 0.2) is 0 Å². The van der Waals surface area contributed by atoms with Crippen LogP contribution in [0.1, 0.15) is 29.9 Å². The minimum Gasteiger partial charge on any atom is -0.307 e. The maximum Gasteiger partial charge on any atom is 0.417 e. The minimum absolute atomic E-state index is 0.343. The van der Waals surface area contributed by atoms with Gasteiger partial charge < -0.3 is 5.32 Å². The number of aryl methyl sites for hydroxylation is 1. The molecule has 0 bridgehead atoms. The molecule has 2 aromatic rings. The number of aromatic nitrogens is 3. The van der Waals surface area contributed by atoms with Crippen molar-refractivity contribution in [3.63, 3.8) is 0 Å². The first-order chi connectivity index (χ1) is 9.88. The highest BCUT2D eigenvalue weighted by Crippen LogP contribution is 2.31. The summed E-state index contributed by atoms with van der Waals surface area (Å²) < 4.78 is 40.3. The van der Waals surface area contributed by atoms with Crippen LogP contribution >= 0.6 is 15.9 Å². The zero-order valence-electron chi connectivity index (χ0n) is 11.4. The second-order valence-electron chi connectivity index (χ2n) is 4.38. The van der Waals surface area contributed by atoms with Crippen LogP contribution in [0.3, 0.4) is 0 Å². The topological polar surface area (TPSA) is 42.7 Å². The van der Waals surface area contributed by atoms with Crippen LogP contribution in [0.5, 0.6) is 0 Å². The molecule has 1 N–H and O–H groups in total. The fourth-order valence-electron chi connectivity index (χ4n) is 2.08. The number of pyridine rings is 1. The Kier molecular flexibility index (Phi) is 4.67. The van der Waals surface area contributed by atoms with Gasteiger partial charge in [0.05, 0.1) is 33.7 Å². The number of alkyl halides is 3. The molecule has 2 rings (SSSR count). The third kappa shape index (κ3) is 3.26. The first-order valence-corrected chi connectivity index (χ1v) is 7.09. The van der Waals surface area contributed by atoms with Crippen LogP contribution in [0.25, 0.3) is 0 Å². The van der Waals surface area contributed by atoms with Gasteiger partial charge in [0, 0.05) is 12.7 Å². The van der Waals surface area contributed by atoms with Gasteiger partial charge in [0.25, 0.3) is 0 Å². The van der Waals surface area contributed by atoms with Crippen LogP contribution in [0.4, 0.5) is 13.2 Å². The highest BCUT2D eigenvalue weighted by Gasteiger charge is 2.31. The molecule has 0 saturated heterocycles. The van der Waals surface area contributed by atoms with Gasteiger partial charge in [-0.15, -0.1) is 0 Å². The Labute approximate surface area is 128 Å². The van der Waals surface area contributed by atoms with Crippen molar-refractivity contribution in [2.75, 3.05) is 7.05 Å². The van der Waals surface area contributed by atoms with Crippen LogP contribution < -0.4 is 5.32 Å². The third-order valence-corrected chi connectivity index (χ3v) is 3.72. The summed E-state index contributed by atoms with van der Waals surface area (Å²) in [6.07, 6.45) is -1.88. The standard InChI is InChI=1S/C13H14BrF3N4/c1-3-21-12(9(14)7-20-21)11(18-2)10-5-4-8(6-19-10)13(15,16)17/h4-7,11,18H,3H2,1-2H3. The molecule has 0 aliphatic rings. The van der Waals surface area contributed by atoms with Crippen molar-refractivity contribution in [1.82, 2.24) is 20.1 Å². The van der Waals surface area contributed by atoms with Gasteiger partial charge in [-0.05, 0) is 42.0 Å². The van der Waals surface area contributed by atoms with E-state index in [0.29, 0.717) is 12.2 Å². The van der Waals surface area contributed by atoms with E-state index in [9.17, 15) is 13.2 Å². The second kappa shape index (κ2) is 6.15. The van der Waals surface area contributed by atoms with Crippen LogP contribution in [0, 0.1) is 0 Å². The van der Waals surface area contributed by atoms with Crippen LogP contribution in [0.15, 0.2) is 29.0 Å². The van der Waals surface area contributed by atoms with E-state index in [1.165, 1.54) is 6.07 Å². The Morgan fingerprint density at radius 1 is 1.33 bits per heavy atom. The molecule has 1 atom stereocenters. The lowest BCUT2D eigenvalue weighted by Crippen LogP contribution is -2.23. The average molecular weight is 363 g/mol. The van der Waals surface area contributed by atoms with E-state index in [1.54, 1.807) is 17.9 Å². The Bertz CT molecular complexity index is 607. The molecule has 0 saturated carbocycles. The molecule has 8 heteroatoms. The molecule has 1 unspecified atom stereocenters. The normalized spacial score (nSPS) is 13.4. The van der Waals surface area contributed by atoms with Crippen LogP contribution in [-0.2, 0) is 12.7 Å². The van der Waals surface area contributed by atoms with Crippen LogP contribution in [-0.4, -0.2) is 21.8 Å². The van der Waals surface area contributed by atoms with Crippen molar-refractivity contribution in [2.24, 2.45) is 0 Å². The van der Waals surface area contributed by atoms with Crippen molar-refractivity contribution in [1.29, 1.82) is 0 Å². The van der Waals surface area contributed by atoms with Crippen molar-refractivity contribution >= 4 is 15.9 Å². The molecule has 0 radical (unpaired) electrons. The maximum absolute atomic E-state index is 12.6. The van der Waals surface area contributed by atoms with Gasteiger partial charge in [-0.3, -0.25) is 9.67 Å². The zero-order chi connectivity index (χ0) is 15.6. The van der Waals surface area contributed by atoms with E-state index in [-0.39, 0.29) is 6.04 Å². The van der Waals surface area contributed by atoms with Crippen LogP contribution in [0.2, 0.25) is 0 Å². The second-order valence-corrected chi connectivity index (χ2v) is 5.24. The molecule has 2 aromatic heterocycles. The number of halogens is 4. The number of hydrogen-bond donors (Lipinski definition) is 1. The lowest BCUT2D eigenvalue weighted by molar-refractivity contribution is -0.137. The summed E-state index contributed by atoms with van der Waals surface area (Å²) in [4.78, 5) is 3.94. The lowest BCUT2D eigenvalue weighted by Gasteiger charge is -2.18. The molecule has 0 amide bonds. The number of nitrogens with one attached hydrogen (secondary N) is 1. The molecule has 2 heterocycles. The molecule has 0 aliphatic heterocycles. The summed E-state index contributed by atoms with van der Waals surface area (Å²) in [6, 6.07) is 2.07. The molecule has 0 fully saturated rings. The lowest BCUT2D eigenvalue weighted by atomic mass is 10.1. The summed E-state index contributed by atoms with van der Waals surface area (Å²) in [5.74, 6) is 0. The maximum atomic E-state index is 12.6. The fraction of sp³-hybridized carbons (Fsp3) is 0.385. The van der Waals surface area contributed by atoms with E-state index in [1.807, 2.05) is 6.92 Å².